The van der Waals surface area contributed by atoms with Crippen molar-refractivity contribution in [1.82, 2.24) is 9.38 Å². The molecule has 0 spiro atoms. The van der Waals surface area contributed by atoms with Gasteiger partial charge in [0.15, 0.2) is 11.5 Å². The van der Waals surface area contributed by atoms with E-state index in [4.69, 9.17) is 0 Å². The monoisotopic (exact) mass is 348 g/mol. The maximum Gasteiger partial charge on any atom is 0.417 e. The van der Waals surface area contributed by atoms with Crippen LogP contribution in [0.5, 0.6) is 0 Å². The van der Waals surface area contributed by atoms with Crippen molar-refractivity contribution >= 4 is 23.1 Å². The number of carboxylic acids is 1. The summed E-state index contributed by atoms with van der Waals surface area (Å²) in [5.74, 6) is -1.69. The number of aromatic carboxylic acids is 1. The molecule has 0 aliphatic carbocycles. The van der Waals surface area contributed by atoms with Gasteiger partial charge in [-0.2, -0.15) is 13.2 Å². The zero-order chi connectivity index (χ0) is 18.2. The minimum absolute atomic E-state index is 0.0308. The summed E-state index contributed by atoms with van der Waals surface area (Å²) in [4.78, 5) is 15.1. The molecule has 1 aromatic carbocycles. The molecule has 6 nitrogen and oxygen atoms in total. The molecule has 0 aliphatic heterocycles. The Hall–Kier alpha value is -3.23. The number of imidazole rings is 1. The Balaban J connectivity index is 2.14. The number of rotatable bonds is 3. The Labute approximate surface area is 139 Å². The molecule has 0 saturated carbocycles. The number of halogens is 3. The largest absolute Gasteiger partial charge is 0.476 e. The minimum Gasteiger partial charge on any atom is -0.476 e. The normalized spacial score (nSPS) is 12.2. The number of benzene rings is 1. The van der Waals surface area contributed by atoms with E-state index < -0.39 is 23.4 Å². The summed E-state index contributed by atoms with van der Waals surface area (Å²) in [6.45, 7) is 1.88. The number of carboxylic acid groups (broad SMARTS) is 1. The van der Waals surface area contributed by atoms with Crippen molar-refractivity contribution in [2.24, 2.45) is 10.2 Å². The summed E-state index contributed by atoms with van der Waals surface area (Å²) in [7, 11) is 0. The van der Waals surface area contributed by atoms with Crippen LogP contribution in [0.1, 0.15) is 21.6 Å². The lowest BCUT2D eigenvalue weighted by Crippen LogP contribution is -2.06. The lowest BCUT2D eigenvalue weighted by Gasteiger charge is -2.06. The van der Waals surface area contributed by atoms with E-state index in [1.165, 1.54) is 0 Å². The second-order valence-electron chi connectivity index (χ2n) is 5.27. The zero-order valence-corrected chi connectivity index (χ0v) is 12.8. The SMILES string of the molecule is Cc1ccc(N=Nc2c(C(=O)O)nc3ccc(C(F)(F)F)cn23)cc1. The maximum atomic E-state index is 12.9. The molecule has 25 heavy (non-hydrogen) atoms. The lowest BCUT2D eigenvalue weighted by molar-refractivity contribution is -0.137. The van der Waals surface area contributed by atoms with E-state index in [0.717, 1.165) is 28.3 Å². The van der Waals surface area contributed by atoms with Gasteiger partial charge in [-0.05, 0) is 31.2 Å². The third-order valence-electron chi connectivity index (χ3n) is 3.42. The fraction of sp³-hybridized carbons (Fsp3) is 0.125. The highest BCUT2D eigenvalue weighted by Crippen LogP contribution is 2.32. The second kappa shape index (κ2) is 6.00. The molecule has 0 radical (unpaired) electrons. The predicted octanol–water partition coefficient (Wildman–Crippen LogP) is 4.78. The number of aromatic nitrogens is 2. The molecule has 128 valence electrons. The van der Waals surface area contributed by atoms with Gasteiger partial charge >= 0.3 is 12.1 Å². The van der Waals surface area contributed by atoms with E-state index in [0.29, 0.717) is 5.69 Å². The highest BCUT2D eigenvalue weighted by Gasteiger charge is 2.31. The Morgan fingerprint density at radius 3 is 2.40 bits per heavy atom. The Morgan fingerprint density at radius 2 is 1.80 bits per heavy atom. The highest BCUT2D eigenvalue weighted by molar-refractivity contribution is 5.91. The van der Waals surface area contributed by atoms with Crippen LogP contribution < -0.4 is 0 Å². The number of fused-ring (bicyclic) bond motifs is 1. The fourth-order valence-corrected chi connectivity index (χ4v) is 2.16. The van der Waals surface area contributed by atoms with Crippen LogP contribution in [0.2, 0.25) is 0 Å². The predicted molar refractivity (Wildman–Crippen MR) is 82.5 cm³/mol. The van der Waals surface area contributed by atoms with Gasteiger partial charge in [-0.25, -0.2) is 9.78 Å². The van der Waals surface area contributed by atoms with Crippen molar-refractivity contribution in [3.63, 3.8) is 0 Å². The summed E-state index contributed by atoms with van der Waals surface area (Å²) in [5.41, 5.74) is 0.0400. The van der Waals surface area contributed by atoms with E-state index in [1.807, 2.05) is 6.92 Å². The van der Waals surface area contributed by atoms with Gasteiger partial charge in [0.05, 0.1) is 11.3 Å². The van der Waals surface area contributed by atoms with Gasteiger partial charge in [0.2, 0.25) is 0 Å². The van der Waals surface area contributed by atoms with Gasteiger partial charge in [-0.3, -0.25) is 4.40 Å². The first-order chi connectivity index (χ1) is 11.8. The van der Waals surface area contributed by atoms with Crippen molar-refractivity contribution in [3.05, 3.63) is 59.4 Å². The molecule has 1 N–H and O–H groups in total. The molecular weight excluding hydrogens is 337 g/mol. The number of hydrogen-bond acceptors (Lipinski definition) is 4. The molecule has 2 aromatic heterocycles. The standard InChI is InChI=1S/C16H11F3N4O2/c1-9-2-5-11(6-3-9)21-22-14-13(15(24)25)20-12-7-4-10(8-23(12)14)16(17,18)19/h2-8H,1H3,(H,24,25). The molecule has 0 unspecified atom stereocenters. The molecular formula is C16H11F3N4O2. The summed E-state index contributed by atoms with van der Waals surface area (Å²) < 4.78 is 39.7. The fourth-order valence-electron chi connectivity index (χ4n) is 2.16. The number of pyridine rings is 1. The highest BCUT2D eigenvalue weighted by atomic mass is 19.4. The number of carbonyl (C=O) groups is 1. The van der Waals surface area contributed by atoms with Crippen molar-refractivity contribution in [1.29, 1.82) is 0 Å². The van der Waals surface area contributed by atoms with Crippen LogP contribution >= 0.6 is 0 Å². The number of azo groups is 1. The maximum absolute atomic E-state index is 12.9. The van der Waals surface area contributed by atoms with E-state index in [1.54, 1.807) is 24.3 Å². The van der Waals surface area contributed by atoms with Crippen LogP contribution in [0, 0.1) is 6.92 Å². The van der Waals surface area contributed by atoms with Crippen LogP contribution in [0.4, 0.5) is 24.7 Å². The number of alkyl halides is 3. The first-order valence-corrected chi connectivity index (χ1v) is 7.07. The van der Waals surface area contributed by atoms with E-state index in [2.05, 4.69) is 15.2 Å². The molecule has 3 rings (SSSR count). The molecule has 0 aliphatic rings. The number of aryl methyl sites for hydroxylation is 1. The smallest absolute Gasteiger partial charge is 0.417 e. The lowest BCUT2D eigenvalue weighted by atomic mass is 10.2. The van der Waals surface area contributed by atoms with Crippen LogP contribution in [0.15, 0.2) is 52.8 Å². The second-order valence-corrected chi connectivity index (χ2v) is 5.27. The summed E-state index contributed by atoms with van der Waals surface area (Å²) in [6, 6.07) is 8.79. The molecule has 2 heterocycles. The third kappa shape index (κ3) is 3.35. The third-order valence-corrected chi connectivity index (χ3v) is 3.42. The summed E-state index contributed by atoms with van der Waals surface area (Å²) in [6.07, 6.45) is -3.83. The Kier molecular flexibility index (Phi) is 3.99. The van der Waals surface area contributed by atoms with Gasteiger partial charge < -0.3 is 5.11 Å². The van der Waals surface area contributed by atoms with E-state index >= 15 is 0 Å². The first kappa shape index (κ1) is 16.6. The quantitative estimate of drug-likeness (QED) is 0.692. The van der Waals surface area contributed by atoms with Gasteiger partial charge in [0.1, 0.15) is 5.65 Å². The number of nitrogens with zero attached hydrogens (tertiary/aromatic N) is 4. The van der Waals surface area contributed by atoms with E-state index in [9.17, 15) is 23.1 Å². The molecule has 0 atom stereocenters. The molecule has 0 fully saturated rings. The van der Waals surface area contributed by atoms with Crippen LogP contribution in [-0.4, -0.2) is 20.5 Å². The molecule has 9 heteroatoms. The van der Waals surface area contributed by atoms with Gasteiger partial charge in [-0.1, -0.05) is 17.7 Å². The minimum atomic E-state index is -4.58. The number of hydrogen-bond donors (Lipinski definition) is 1. The molecule has 0 amide bonds. The van der Waals surface area contributed by atoms with Gasteiger partial charge in [-0.15, -0.1) is 10.2 Å². The van der Waals surface area contributed by atoms with Crippen LogP contribution in [0.3, 0.4) is 0 Å². The molecule has 3 aromatic rings. The summed E-state index contributed by atoms with van der Waals surface area (Å²) >= 11 is 0. The van der Waals surface area contributed by atoms with Crippen molar-refractivity contribution < 1.29 is 23.1 Å². The topological polar surface area (TPSA) is 79.3 Å². The molecule has 0 bridgehead atoms. The van der Waals surface area contributed by atoms with Crippen LogP contribution in [0.25, 0.3) is 5.65 Å². The van der Waals surface area contributed by atoms with Crippen molar-refractivity contribution in [2.45, 2.75) is 13.1 Å². The first-order valence-electron chi connectivity index (χ1n) is 7.07. The van der Waals surface area contributed by atoms with Gasteiger partial charge in [0.25, 0.3) is 0 Å². The average Bonchev–Trinajstić information content (AvgIpc) is 2.91. The van der Waals surface area contributed by atoms with Gasteiger partial charge in [0, 0.05) is 6.20 Å². The Bertz CT molecular complexity index is 975. The average molecular weight is 348 g/mol. The van der Waals surface area contributed by atoms with E-state index in [-0.39, 0.29) is 11.5 Å². The Morgan fingerprint density at radius 1 is 1.12 bits per heavy atom. The van der Waals surface area contributed by atoms with Crippen LogP contribution in [-0.2, 0) is 6.18 Å². The zero-order valence-electron chi connectivity index (χ0n) is 12.8. The summed E-state index contributed by atoms with van der Waals surface area (Å²) in [5, 5.41) is 16.9. The molecule has 0 saturated heterocycles. The van der Waals surface area contributed by atoms with Crippen molar-refractivity contribution in [3.8, 4) is 0 Å². The van der Waals surface area contributed by atoms with Crippen molar-refractivity contribution in [2.75, 3.05) is 0 Å².